The number of halogens is 1. The molecule has 2 rings (SSSR count). The van der Waals surface area contributed by atoms with Crippen molar-refractivity contribution in [3.05, 3.63) is 22.6 Å². The molecule has 0 radical (unpaired) electrons. The Morgan fingerprint density at radius 2 is 2.38 bits per heavy atom. The summed E-state index contributed by atoms with van der Waals surface area (Å²) in [5.74, 6) is 0.931. The van der Waals surface area contributed by atoms with E-state index in [0.29, 0.717) is 6.04 Å². The predicted octanol–water partition coefficient (Wildman–Crippen LogP) is 2.61. The van der Waals surface area contributed by atoms with Crippen LogP contribution in [0.4, 0.5) is 0 Å². The van der Waals surface area contributed by atoms with E-state index in [4.69, 9.17) is 0 Å². The smallest absolute Gasteiger partial charge is 0.177 e. The van der Waals surface area contributed by atoms with E-state index in [-0.39, 0.29) is 0 Å². The third kappa shape index (κ3) is 2.59. The second-order valence-corrected chi connectivity index (χ2v) is 4.81. The third-order valence-corrected chi connectivity index (χ3v) is 3.02. The molecule has 2 heterocycles. The molecule has 0 aliphatic rings. The van der Waals surface area contributed by atoms with E-state index in [2.05, 4.69) is 50.0 Å². The highest BCUT2D eigenvalue weighted by Gasteiger charge is 2.05. The summed E-state index contributed by atoms with van der Waals surface area (Å²) in [4.78, 5) is 11.9. The molecule has 2 N–H and O–H groups in total. The number of aromatic nitrogens is 3. The molecule has 2 aromatic heterocycles. The number of rotatable bonds is 4. The molecule has 0 amide bonds. The number of imidazole rings is 1. The first-order valence-corrected chi connectivity index (χ1v) is 6.22. The van der Waals surface area contributed by atoms with Crippen molar-refractivity contribution < 1.29 is 0 Å². The molecule has 0 bridgehead atoms. The summed E-state index contributed by atoms with van der Waals surface area (Å²) in [7, 11) is 0. The lowest BCUT2D eigenvalue weighted by Gasteiger charge is -2.08. The first kappa shape index (κ1) is 11.5. The molecule has 0 aliphatic heterocycles. The Balaban J connectivity index is 2.13. The van der Waals surface area contributed by atoms with Crippen LogP contribution in [0.5, 0.6) is 0 Å². The molecule has 16 heavy (non-hydrogen) atoms. The van der Waals surface area contributed by atoms with Gasteiger partial charge in [0.05, 0.1) is 12.1 Å². The highest BCUT2D eigenvalue weighted by molar-refractivity contribution is 9.10. The maximum Gasteiger partial charge on any atom is 0.177 e. The Morgan fingerprint density at radius 3 is 3.12 bits per heavy atom. The fourth-order valence-corrected chi connectivity index (χ4v) is 1.75. The summed E-state index contributed by atoms with van der Waals surface area (Å²) >= 11 is 3.39. The molecule has 5 heteroatoms. The van der Waals surface area contributed by atoms with Gasteiger partial charge in [0, 0.05) is 16.7 Å². The molecule has 0 spiro atoms. The third-order valence-electron chi connectivity index (χ3n) is 2.58. The van der Waals surface area contributed by atoms with E-state index >= 15 is 0 Å². The van der Waals surface area contributed by atoms with Crippen molar-refractivity contribution in [1.82, 2.24) is 20.3 Å². The Hall–Kier alpha value is -0.940. The monoisotopic (exact) mass is 282 g/mol. The van der Waals surface area contributed by atoms with E-state index in [1.54, 1.807) is 6.20 Å². The van der Waals surface area contributed by atoms with Crippen LogP contribution in [0.15, 0.2) is 16.7 Å². The van der Waals surface area contributed by atoms with Gasteiger partial charge in [-0.05, 0) is 35.3 Å². The second kappa shape index (κ2) is 4.93. The van der Waals surface area contributed by atoms with Crippen LogP contribution in [-0.4, -0.2) is 21.0 Å². The normalized spacial score (nSPS) is 13.2. The number of H-pyrrole nitrogens is 1. The van der Waals surface area contributed by atoms with E-state index in [9.17, 15) is 0 Å². The van der Waals surface area contributed by atoms with Gasteiger partial charge in [-0.2, -0.15) is 0 Å². The highest BCUT2D eigenvalue weighted by Crippen LogP contribution is 2.14. The summed E-state index contributed by atoms with van der Waals surface area (Å²) in [5, 5.41) is 3.39. The van der Waals surface area contributed by atoms with Crippen molar-refractivity contribution in [1.29, 1.82) is 0 Å². The summed E-state index contributed by atoms with van der Waals surface area (Å²) in [5.41, 5.74) is 1.74. The van der Waals surface area contributed by atoms with Crippen molar-refractivity contribution in [3.8, 4) is 0 Å². The minimum Gasteiger partial charge on any atom is -0.339 e. The van der Waals surface area contributed by atoms with Crippen LogP contribution in [-0.2, 0) is 6.54 Å². The molecule has 0 aliphatic carbocycles. The van der Waals surface area contributed by atoms with Crippen molar-refractivity contribution in [2.45, 2.75) is 32.9 Å². The zero-order chi connectivity index (χ0) is 11.5. The molecular formula is C11H15BrN4. The molecule has 2 aromatic rings. The molecule has 0 aromatic carbocycles. The van der Waals surface area contributed by atoms with Gasteiger partial charge in [0.15, 0.2) is 5.65 Å². The van der Waals surface area contributed by atoms with Gasteiger partial charge in [0.1, 0.15) is 5.82 Å². The number of nitrogens with one attached hydrogen (secondary N) is 2. The van der Waals surface area contributed by atoms with Gasteiger partial charge in [-0.3, -0.25) is 0 Å². The largest absolute Gasteiger partial charge is 0.339 e. The topological polar surface area (TPSA) is 53.6 Å². The number of pyridine rings is 1. The van der Waals surface area contributed by atoms with Crippen molar-refractivity contribution in [2.75, 3.05) is 0 Å². The lowest BCUT2D eigenvalue weighted by atomic mass is 10.2. The zero-order valence-corrected chi connectivity index (χ0v) is 11.0. The molecule has 1 unspecified atom stereocenters. The summed E-state index contributed by atoms with van der Waals surface area (Å²) in [6, 6.07) is 2.50. The van der Waals surface area contributed by atoms with Crippen LogP contribution in [0.25, 0.3) is 11.2 Å². The minimum atomic E-state index is 0.507. The zero-order valence-electron chi connectivity index (χ0n) is 9.42. The Bertz CT molecular complexity index is 480. The highest BCUT2D eigenvalue weighted by atomic mass is 79.9. The molecule has 0 saturated heterocycles. The molecule has 0 fully saturated rings. The summed E-state index contributed by atoms with van der Waals surface area (Å²) < 4.78 is 0.963. The number of hydrogen-bond acceptors (Lipinski definition) is 3. The van der Waals surface area contributed by atoms with Crippen LogP contribution < -0.4 is 5.32 Å². The Labute approximate surface area is 103 Å². The van der Waals surface area contributed by atoms with Gasteiger partial charge in [0.25, 0.3) is 0 Å². The Kier molecular flexibility index (Phi) is 3.56. The van der Waals surface area contributed by atoms with E-state index in [0.717, 1.165) is 34.4 Å². The first-order valence-electron chi connectivity index (χ1n) is 5.42. The number of nitrogens with zero attached hydrogens (tertiary/aromatic N) is 2. The average Bonchev–Trinajstić information content (AvgIpc) is 2.67. The molecule has 4 nitrogen and oxygen atoms in total. The maximum atomic E-state index is 4.41. The van der Waals surface area contributed by atoms with Crippen LogP contribution in [0.2, 0.25) is 0 Å². The van der Waals surface area contributed by atoms with Gasteiger partial charge >= 0.3 is 0 Å². The van der Waals surface area contributed by atoms with E-state index in [1.165, 1.54) is 0 Å². The van der Waals surface area contributed by atoms with E-state index < -0.39 is 0 Å². The van der Waals surface area contributed by atoms with Gasteiger partial charge in [-0.1, -0.05) is 6.92 Å². The molecule has 86 valence electrons. The number of fused-ring (bicyclic) bond motifs is 1. The maximum absolute atomic E-state index is 4.41. The van der Waals surface area contributed by atoms with Gasteiger partial charge < -0.3 is 10.3 Å². The van der Waals surface area contributed by atoms with Crippen LogP contribution >= 0.6 is 15.9 Å². The number of hydrogen-bond donors (Lipinski definition) is 2. The number of aromatic amines is 1. The van der Waals surface area contributed by atoms with Gasteiger partial charge in [-0.15, -0.1) is 0 Å². The van der Waals surface area contributed by atoms with E-state index in [1.807, 2.05) is 6.07 Å². The van der Waals surface area contributed by atoms with Crippen LogP contribution in [0.1, 0.15) is 26.1 Å². The minimum absolute atomic E-state index is 0.507. The van der Waals surface area contributed by atoms with Crippen molar-refractivity contribution >= 4 is 27.1 Å². The average molecular weight is 283 g/mol. The Morgan fingerprint density at radius 1 is 1.56 bits per heavy atom. The standard InChI is InChI=1S/C11H15BrN4/c1-3-7(2)13-6-10-15-9-4-8(12)5-14-11(9)16-10/h4-5,7,13H,3,6H2,1-2H3,(H,14,15,16). The fourth-order valence-electron chi connectivity index (χ4n) is 1.42. The lowest BCUT2D eigenvalue weighted by molar-refractivity contribution is 0.525. The van der Waals surface area contributed by atoms with Gasteiger partial charge in [-0.25, -0.2) is 9.97 Å². The summed E-state index contributed by atoms with van der Waals surface area (Å²) in [6.45, 7) is 5.08. The van der Waals surface area contributed by atoms with Crippen molar-refractivity contribution in [2.24, 2.45) is 0 Å². The van der Waals surface area contributed by atoms with Crippen LogP contribution in [0, 0.1) is 0 Å². The summed E-state index contributed by atoms with van der Waals surface area (Å²) in [6.07, 6.45) is 2.87. The second-order valence-electron chi connectivity index (χ2n) is 3.90. The van der Waals surface area contributed by atoms with Gasteiger partial charge in [0.2, 0.25) is 0 Å². The molecular weight excluding hydrogens is 268 g/mol. The molecule has 1 atom stereocenters. The SMILES string of the molecule is CCC(C)NCc1nc2ncc(Br)cc2[nH]1. The molecule has 0 saturated carbocycles. The van der Waals surface area contributed by atoms with Crippen LogP contribution in [0.3, 0.4) is 0 Å². The first-order chi connectivity index (χ1) is 7.69. The quantitative estimate of drug-likeness (QED) is 0.906. The fraction of sp³-hybridized carbons (Fsp3) is 0.455. The predicted molar refractivity (Wildman–Crippen MR) is 68.2 cm³/mol. The lowest BCUT2D eigenvalue weighted by Crippen LogP contribution is -2.24. The van der Waals surface area contributed by atoms with Crippen molar-refractivity contribution in [3.63, 3.8) is 0 Å².